The first-order valence-corrected chi connectivity index (χ1v) is 47.0. The van der Waals surface area contributed by atoms with Crippen LogP contribution in [0.4, 0.5) is 0 Å². The Balaban J connectivity index is 5.15. The van der Waals surface area contributed by atoms with Crippen molar-refractivity contribution in [1.29, 1.82) is 0 Å². The molecule has 0 heterocycles. The Bertz CT molecular complexity index is 2000. The van der Waals surface area contributed by atoms with Gasteiger partial charge in [0.15, 0.2) is 12.2 Å². The van der Waals surface area contributed by atoms with E-state index in [1.54, 1.807) is 0 Å². The molecule has 0 aliphatic heterocycles. The van der Waals surface area contributed by atoms with Gasteiger partial charge in [-0.3, -0.25) is 37.3 Å². The Kier molecular flexibility index (Phi) is 75.0. The second kappa shape index (κ2) is 76.4. The van der Waals surface area contributed by atoms with E-state index in [0.29, 0.717) is 25.7 Å². The molecule has 19 heteroatoms. The number of carbonyl (C=O) groups is 4. The Morgan fingerprint density at radius 3 is 0.731 bits per heavy atom. The van der Waals surface area contributed by atoms with Crippen LogP contribution in [0.25, 0.3) is 0 Å². The zero-order valence-corrected chi connectivity index (χ0v) is 70.1. The van der Waals surface area contributed by atoms with Crippen molar-refractivity contribution in [3.05, 3.63) is 0 Å². The van der Waals surface area contributed by atoms with Gasteiger partial charge in [0.25, 0.3) is 0 Å². The maximum absolute atomic E-state index is 13.1. The van der Waals surface area contributed by atoms with Gasteiger partial charge in [-0.05, 0) is 37.5 Å². The molecule has 0 fully saturated rings. The first kappa shape index (κ1) is 102. The molecule has 0 saturated carbocycles. The minimum atomic E-state index is -4.96. The minimum absolute atomic E-state index is 0.105. The molecule has 0 amide bonds. The molecule has 6 atom stereocenters. The van der Waals surface area contributed by atoms with E-state index in [2.05, 4.69) is 41.5 Å². The lowest BCUT2D eigenvalue weighted by Crippen LogP contribution is -2.30. The highest BCUT2D eigenvalue weighted by atomic mass is 31.2. The number of hydrogen-bond donors (Lipinski definition) is 3. The maximum Gasteiger partial charge on any atom is 0.472 e. The zero-order valence-electron chi connectivity index (χ0n) is 68.3. The third-order valence-corrected chi connectivity index (χ3v) is 22.2. The highest BCUT2D eigenvalue weighted by Crippen LogP contribution is 2.45. The average molecular weight is 1520 g/mol. The van der Waals surface area contributed by atoms with E-state index in [4.69, 9.17) is 37.0 Å². The molecule has 0 aromatic rings. The second-order valence-electron chi connectivity index (χ2n) is 31.3. The molecule has 0 aromatic carbocycles. The van der Waals surface area contributed by atoms with Crippen molar-refractivity contribution < 1.29 is 80.2 Å². The molecule has 0 bridgehead atoms. The summed E-state index contributed by atoms with van der Waals surface area (Å²) in [6.07, 6.45) is 68.4. The van der Waals surface area contributed by atoms with Gasteiger partial charge in [0, 0.05) is 25.7 Å². The van der Waals surface area contributed by atoms with Crippen LogP contribution in [0.3, 0.4) is 0 Å². The normalized spacial score (nSPS) is 14.1. The third-order valence-electron chi connectivity index (χ3n) is 20.3. The molecule has 17 nitrogen and oxygen atoms in total. The van der Waals surface area contributed by atoms with Crippen LogP contribution in [-0.4, -0.2) is 96.7 Å². The molecular formula is C85H166O17P2. The Morgan fingerprint density at radius 2 is 0.490 bits per heavy atom. The van der Waals surface area contributed by atoms with Crippen molar-refractivity contribution >= 4 is 39.5 Å². The molecular weight excluding hydrogens is 1350 g/mol. The molecule has 3 N–H and O–H groups in total. The van der Waals surface area contributed by atoms with Crippen LogP contribution >= 0.6 is 15.6 Å². The summed E-state index contributed by atoms with van der Waals surface area (Å²) in [7, 11) is -9.92. The molecule has 0 spiro atoms. The van der Waals surface area contributed by atoms with Gasteiger partial charge in [-0.15, -0.1) is 0 Å². The van der Waals surface area contributed by atoms with Crippen molar-refractivity contribution in [2.75, 3.05) is 39.6 Å². The summed E-state index contributed by atoms with van der Waals surface area (Å²) < 4.78 is 68.7. The van der Waals surface area contributed by atoms with E-state index >= 15 is 0 Å². The summed E-state index contributed by atoms with van der Waals surface area (Å²) in [4.78, 5) is 73.0. The Labute approximate surface area is 638 Å². The summed E-state index contributed by atoms with van der Waals surface area (Å²) in [5, 5.41) is 10.6. The number of phosphoric acid groups is 2. The summed E-state index contributed by atoms with van der Waals surface area (Å²) in [5.74, 6) is -0.502. The smallest absolute Gasteiger partial charge is 0.462 e. The van der Waals surface area contributed by atoms with Crippen molar-refractivity contribution in [2.24, 2.45) is 11.8 Å². The van der Waals surface area contributed by atoms with Crippen LogP contribution in [0.2, 0.25) is 0 Å². The van der Waals surface area contributed by atoms with E-state index in [1.165, 1.54) is 263 Å². The number of rotatable bonds is 84. The van der Waals surface area contributed by atoms with Gasteiger partial charge in [0.05, 0.1) is 26.4 Å². The molecule has 0 aromatic heterocycles. The second-order valence-corrected chi connectivity index (χ2v) is 34.2. The van der Waals surface area contributed by atoms with E-state index in [0.717, 1.165) is 108 Å². The number of carbonyl (C=O) groups excluding carboxylic acids is 4. The maximum atomic E-state index is 13.1. The molecule has 0 aliphatic rings. The van der Waals surface area contributed by atoms with E-state index in [-0.39, 0.29) is 25.7 Å². The lowest BCUT2D eigenvalue weighted by molar-refractivity contribution is -0.161. The minimum Gasteiger partial charge on any atom is -0.462 e. The van der Waals surface area contributed by atoms with Gasteiger partial charge >= 0.3 is 39.5 Å². The van der Waals surface area contributed by atoms with Gasteiger partial charge in [-0.2, -0.15) is 0 Å². The predicted octanol–water partition coefficient (Wildman–Crippen LogP) is 25.8. The zero-order chi connectivity index (χ0) is 76.4. The first-order valence-electron chi connectivity index (χ1n) is 44.0. The fourth-order valence-electron chi connectivity index (χ4n) is 13.2. The summed E-state index contributed by atoms with van der Waals surface area (Å²) in [5.41, 5.74) is 0. The van der Waals surface area contributed by atoms with Crippen molar-refractivity contribution in [1.82, 2.24) is 0 Å². The van der Waals surface area contributed by atoms with Crippen LogP contribution in [0.5, 0.6) is 0 Å². The number of phosphoric ester groups is 2. The number of aliphatic hydroxyl groups is 1. The summed E-state index contributed by atoms with van der Waals surface area (Å²) in [6.45, 7) is 9.66. The van der Waals surface area contributed by atoms with Crippen LogP contribution in [0, 0.1) is 11.8 Å². The van der Waals surface area contributed by atoms with Crippen LogP contribution in [-0.2, 0) is 65.4 Å². The number of esters is 4. The molecule has 104 heavy (non-hydrogen) atoms. The lowest BCUT2D eigenvalue weighted by atomic mass is 9.99. The Morgan fingerprint density at radius 1 is 0.279 bits per heavy atom. The monoisotopic (exact) mass is 1520 g/mol. The first-order chi connectivity index (χ1) is 50.4. The molecule has 0 radical (unpaired) electrons. The van der Waals surface area contributed by atoms with E-state index < -0.39 is 97.5 Å². The number of hydrogen-bond acceptors (Lipinski definition) is 15. The highest BCUT2D eigenvalue weighted by Gasteiger charge is 2.30. The van der Waals surface area contributed by atoms with Gasteiger partial charge in [0.1, 0.15) is 19.3 Å². The van der Waals surface area contributed by atoms with Crippen LogP contribution in [0.1, 0.15) is 452 Å². The predicted molar refractivity (Wildman–Crippen MR) is 428 cm³/mol. The SMILES string of the molecule is CCCCCCCCCCCCCCCCCCCCCCCCC(=O)OC[C@H](COP(=O)(O)OC[C@@H](O)COP(=O)(O)OC[C@@H](COC(=O)CCCCCCCCCC)OC(=O)CCCCCCCCCCCC(C)C)OC(=O)CCCCCCCCCCCCCCCCCCCCC(C)CC. The van der Waals surface area contributed by atoms with Gasteiger partial charge in [0.2, 0.25) is 0 Å². The average Bonchev–Trinajstić information content (AvgIpc) is 0.918. The fourth-order valence-corrected chi connectivity index (χ4v) is 14.8. The highest BCUT2D eigenvalue weighted by molar-refractivity contribution is 7.47. The van der Waals surface area contributed by atoms with Gasteiger partial charge in [-0.1, -0.05) is 401 Å². The Hall–Kier alpha value is -1.94. The van der Waals surface area contributed by atoms with Gasteiger partial charge in [-0.25, -0.2) is 9.13 Å². The molecule has 0 saturated heterocycles. The summed E-state index contributed by atoms with van der Waals surface area (Å²) >= 11 is 0. The molecule has 3 unspecified atom stereocenters. The van der Waals surface area contributed by atoms with Crippen LogP contribution < -0.4 is 0 Å². The van der Waals surface area contributed by atoms with E-state index in [1.807, 2.05) is 0 Å². The number of unbranched alkanes of at least 4 members (excludes halogenated alkanes) is 53. The van der Waals surface area contributed by atoms with Crippen molar-refractivity contribution in [2.45, 2.75) is 471 Å². The van der Waals surface area contributed by atoms with Crippen molar-refractivity contribution in [3.63, 3.8) is 0 Å². The summed E-state index contributed by atoms with van der Waals surface area (Å²) in [6, 6.07) is 0. The van der Waals surface area contributed by atoms with Crippen molar-refractivity contribution in [3.8, 4) is 0 Å². The largest absolute Gasteiger partial charge is 0.472 e. The van der Waals surface area contributed by atoms with Gasteiger partial charge < -0.3 is 33.8 Å². The van der Waals surface area contributed by atoms with Crippen LogP contribution in [0.15, 0.2) is 0 Å². The molecule has 618 valence electrons. The molecule has 0 aliphatic carbocycles. The third kappa shape index (κ3) is 76.8. The fraction of sp³-hybridized carbons (Fsp3) is 0.953. The lowest BCUT2D eigenvalue weighted by Gasteiger charge is -2.21. The van der Waals surface area contributed by atoms with E-state index in [9.17, 15) is 43.2 Å². The number of ether oxygens (including phenoxy) is 4. The topological polar surface area (TPSA) is 237 Å². The number of aliphatic hydroxyl groups excluding tert-OH is 1. The molecule has 0 rings (SSSR count). The standard InChI is InChI=1S/C85H166O17P2/c1-7-10-12-14-16-18-19-20-21-22-23-24-25-26-30-33-36-39-44-50-56-62-68-83(88)96-74-81(101-84(89)69-63-57-51-45-40-37-34-31-28-27-29-32-35-38-43-48-54-60-66-78(6)9-3)76-100-104(93,94)98-72-79(86)71-97-103(91,92)99-75-80(73-95-82(87)67-61-55-49-17-15-13-11-8-2)102-85(90)70-64-58-52-46-41-42-47-53-59-65-77(4)5/h77-81,86H,7-76H2,1-6H3,(H,91,92)(H,93,94)/t78?,79-,80+,81+/m0/s1. The quantitative estimate of drug-likeness (QED) is 0.0222.